The first-order valence-electron chi connectivity index (χ1n) is 6.12. The predicted octanol–water partition coefficient (Wildman–Crippen LogP) is 5.03. The first kappa shape index (κ1) is 13.2. The summed E-state index contributed by atoms with van der Waals surface area (Å²) in [7, 11) is 0. The van der Waals surface area contributed by atoms with E-state index in [0.717, 1.165) is 28.5 Å². The van der Waals surface area contributed by atoms with Gasteiger partial charge in [0.05, 0.1) is 15.7 Å². The van der Waals surface area contributed by atoms with Crippen LogP contribution in [-0.2, 0) is 0 Å². The van der Waals surface area contributed by atoms with Gasteiger partial charge in [0.2, 0.25) is 0 Å². The van der Waals surface area contributed by atoms with Crippen LogP contribution in [0.3, 0.4) is 0 Å². The van der Waals surface area contributed by atoms with Crippen molar-refractivity contribution in [2.24, 2.45) is 0 Å². The maximum atomic E-state index is 11.4. The Balaban J connectivity index is 2.29. The number of halogens is 2. The van der Waals surface area contributed by atoms with Gasteiger partial charge in [-0.05, 0) is 48.4 Å². The molecule has 0 radical (unpaired) electrons. The first-order valence-corrected chi connectivity index (χ1v) is 6.88. The van der Waals surface area contributed by atoms with E-state index in [1.54, 1.807) is 12.1 Å². The fourth-order valence-electron chi connectivity index (χ4n) is 2.33. The van der Waals surface area contributed by atoms with Gasteiger partial charge in [-0.15, -0.1) is 0 Å². The number of carbonyl (C=O) groups excluding carboxylic acids is 1. The molecule has 1 aromatic carbocycles. The van der Waals surface area contributed by atoms with E-state index in [9.17, 15) is 4.79 Å². The second kappa shape index (κ2) is 4.97. The molecule has 0 amide bonds. The standard InChI is InChI=1S/C16H11Cl2NO/c1-10-4-5-19-12(6-10)8-13(16(19)9-20)11-2-3-14(17)15(18)7-11/h2-9H,1H3. The Morgan fingerprint density at radius 1 is 1.05 bits per heavy atom. The highest BCUT2D eigenvalue weighted by atomic mass is 35.5. The highest BCUT2D eigenvalue weighted by Gasteiger charge is 2.12. The second-order valence-electron chi connectivity index (χ2n) is 4.69. The molecule has 0 aliphatic heterocycles. The Morgan fingerprint density at radius 2 is 1.85 bits per heavy atom. The molecule has 0 atom stereocenters. The van der Waals surface area contributed by atoms with Crippen LogP contribution < -0.4 is 0 Å². The van der Waals surface area contributed by atoms with Crippen LogP contribution in [0, 0.1) is 6.92 Å². The van der Waals surface area contributed by atoms with Gasteiger partial charge in [-0.25, -0.2) is 0 Å². The summed E-state index contributed by atoms with van der Waals surface area (Å²) in [5, 5.41) is 0.982. The topological polar surface area (TPSA) is 21.5 Å². The van der Waals surface area contributed by atoms with Gasteiger partial charge in [0, 0.05) is 17.3 Å². The average molecular weight is 304 g/mol. The first-order chi connectivity index (χ1) is 9.60. The SMILES string of the molecule is Cc1ccn2c(C=O)c(-c3ccc(Cl)c(Cl)c3)cc2c1. The summed E-state index contributed by atoms with van der Waals surface area (Å²) in [6.07, 6.45) is 2.76. The fraction of sp³-hybridized carbons (Fsp3) is 0.0625. The molecule has 4 heteroatoms. The zero-order chi connectivity index (χ0) is 14.3. The number of aryl methyl sites for hydroxylation is 1. The molecule has 0 fully saturated rings. The molecule has 2 heterocycles. The van der Waals surface area contributed by atoms with Crippen LogP contribution in [0.5, 0.6) is 0 Å². The van der Waals surface area contributed by atoms with Gasteiger partial charge in [-0.3, -0.25) is 4.79 Å². The molecular weight excluding hydrogens is 293 g/mol. The van der Waals surface area contributed by atoms with E-state index in [0.29, 0.717) is 15.7 Å². The van der Waals surface area contributed by atoms with E-state index >= 15 is 0 Å². The molecular formula is C16H11Cl2NO. The molecule has 100 valence electrons. The van der Waals surface area contributed by atoms with Crippen molar-refractivity contribution in [2.75, 3.05) is 0 Å². The molecule has 0 N–H and O–H groups in total. The molecule has 2 nitrogen and oxygen atoms in total. The molecule has 0 spiro atoms. The summed E-state index contributed by atoms with van der Waals surface area (Å²) in [4.78, 5) is 11.4. The number of aromatic nitrogens is 1. The summed E-state index contributed by atoms with van der Waals surface area (Å²) in [6, 6.07) is 11.4. The van der Waals surface area contributed by atoms with E-state index in [-0.39, 0.29) is 0 Å². The Bertz CT molecular complexity index is 821. The number of benzene rings is 1. The Hall–Kier alpha value is -1.77. The highest BCUT2D eigenvalue weighted by molar-refractivity contribution is 6.42. The van der Waals surface area contributed by atoms with Crippen LogP contribution >= 0.6 is 23.2 Å². The minimum atomic E-state index is 0.479. The van der Waals surface area contributed by atoms with Crippen molar-refractivity contribution in [1.82, 2.24) is 4.40 Å². The molecule has 3 rings (SSSR count). The van der Waals surface area contributed by atoms with E-state index in [2.05, 4.69) is 0 Å². The van der Waals surface area contributed by atoms with Gasteiger partial charge in [0.15, 0.2) is 6.29 Å². The van der Waals surface area contributed by atoms with Gasteiger partial charge >= 0.3 is 0 Å². The Morgan fingerprint density at radius 3 is 2.55 bits per heavy atom. The third-order valence-electron chi connectivity index (χ3n) is 3.31. The number of carbonyl (C=O) groups is 1. The lowest BCUT2D eigenvalue weighted by Crippen LogP contribution is -1.92. The third kappa shape index (κ3) is 2.11. The second-order valence-corrected chi connectivity index (χ2v) is 5.50. The van der Waals surface area contributed by atoms with Crippen molar-refractivity contribution in [3.8, 4) is 11.1 Å². The van der Waals surface area contributed by atoms with Crippen molar-refractivity contribution in [3.63, 3.8) is 0 Å². The van der Waals surface area contributed by atoms with Gasteiger partial charge in [0.1, 0.15) is 0 Å². The van der Waals surface area contributed by atoms with Crippen LogP contribution in [-0.4, -0.2) is 10.7 Å². The molecule has 0 bridgehead atoms. The summed E-state index contributed by atoms with van der Waals surface area (Å²) in [5.41, 5.74) is 4.46. The number of hydrogen-bond donors (Lipinski definition) is 0. The summed E-state index contributed by atoms with van der Waals surface area (Å²) in [5.74, 6) is 0. The van der Waals surface area contributed by atoms with Crippen molar-refractivity contribution >= 4 is 35.0 Å². The van der Waals surface area contributed by atoms with Gasteiger partial charge in [0.25, 0.3) is 0 Å². The monoisotopic (exact) mass is 303 g/mol. The molecule has 0 aliphatic rings. The summed E-state index contributed by atoms with van der Waals surface area (Å²) < 4.78 is 1.87. The van der Waals surface area contributed by atoms with E-state index in [1.807, 2.05) is 41.8 Å². The Labute approximate surface area is 126 Å². The fourth-order valence-corrected chi connectivity index (χ4v) is 2.62. The number of hydrogen-bond acceptors (Lipinski definition) is 1. The average Bonchev–Trinajstić information content (AvgIpc) is 2.79. The van der Waals surface area contributed by atoms with Crippen molar-refractivity contribution in [3.05, 3.63) is 63.9 Å². The lowest BCUT2D eigenvalue weighted by molar-refractivity contribution is 0.111. The maximum absolute atomic E-state index is 11.4. The van der Waals surface area contributed by atoms with E-state index in [4.69, 9.17) is 23.2 Å². The molecule has 0 aliphatic carbocycles. The zero-order valence-corrected chi connectivity index (χ0v) is 12.2. The van der Waals surface area contributed by atoms with E-state index in [1.165, 1.54) is 0 Å². The lowest BCUT2D eigenvalue weighted by Gasteiger charge is -2.03. The van der Waals surface area contributed by atoms with Crippen molar-refractivity contribution in [1.29, 1.82) is 0 Å². The summed E-state index contributed by atoms with van der Waals surface area (Å²) >= 11 is 12.0. The largest absolute Gasteiger partial charge is 0.314 e. The molecule has 2 aromatic heterocycles. The molecule has 0 unspecified atom stereocenters. The highest BCUT2D eigenvalue weighted by Crippen LogP contribution is 2.32. The number of nitrogens with zero attached hydrogens (tertiary/aromatic N) is 1. The predicted molar refractivity (Wildman–Crippen MR) is 83.0 cm³/mol. The van der Waals surface area contributed by atoms with Gasteiger partial charge in [-0.2, -0.15) is 0 Å². The van der Waals surface area contributed by atoms with Crippen LogP contribution in [0.4, 0.5) is 0 Å². The van der Waals surface area contributed by atoms with Gasteiger partial charge < -0.3 is 4.40 Å². The third-order valence-corrected chi connectivity index (χ3v) is 4.05. The molecule has 0 saturated heterocycles. The van der Waals surface area contributed by atoms with Crippen molar-refractivity contribution in [2.45, 2.75) is 6.92 Å². The number of fused-ring (bicyclic) bond motifs is 1. The van der Waals surface area contributed by atoms with Crippen LogP contribution in [0.15, 0.2) is 42.6 Å². The van der Waals surface area contributed by atoms with Crippen LogP contribution in [0.1, 0.15) is 16.1 Å². The van der Waals surface area contributed by atoms with Crippen LogP contribution in [0.25, 0.3) is 16.6 Å². The maximum Gasteiger partial charge on any atom is 0.167 e. The minimum Gasteiger partial charge on any atom is -0.314 e. The summed E-state index contributed by atoms with van der Waals surface area (Å²) in [6.45, 7) is 2.02. The smallest absolute Gasteiger partial charge is 0.167 e. The van der Waals surface area contributed by atoms with Crippen LogP contribution in [0.2, 0.25) is 10.0 Å². The molecule has 20 heavy (non-hydrogen) atoms. The normalized spacial score (nSPS) is 10.9. The number of rotatable bonds is 2. The molecule has 3 aromatic rings. The van der Waals surface area contributed by atoms with Gasteiger partial charge in [-0.1, -0.05) is 29.3 Å². The van der Waals surface area contributed by atoms with Crippen molar-refractivity contribution < 1.29 is 4.79 Å². The minimum absolute atomic E-state index is 0.479. The zero-order valence-electron chi connectivity index (χ0n) is 10.7. The van der Waals surface area contributed by atoms with E-state index < -0.39 is 0 Å². The lowest BCUT2D eigenvalue weighted by atomic mass is 10.1. The molecule has 0 saturated carbocycles. The quantitative estimate of drug-likeness (QED) is 0.608. The number of aldehydes is 1. The number of pyridine rings is 1. The Kier molecular flexibility index (Phi) is 3.28.